The first-order valence-corrected chi connectivity index (χ1v) is 6.25. The Morgan fingerprint density at radius 2 is 2.15 bits per heavy atom. The van der Waals surface area contributed by atoms with E-state index in [1.165, 1.54) is 19.0 Å². The molecule has 1 fully saturated rings. The van der Waals surface area contributed by atoms with Gasteiger partial charge in [-0.15, -0.1) is 0 Å². The highest BCUT2D eigenvalue weighted by Crippen LogP contribution is 2.17. The number of rotatable bonds is 4. The van der Waals surface area contributed by atoms with Crippen molar-refractivity contribution in [2.45, 2.75) is 19.4 Å². The molecule has 0 aliphatic carbocycles. The van der Waals surface area contributed by atoms with Crippen LogP contribution in [0.1, 0.15) is 12.5 Å². The molecule has 20 heavy (non-hydrogen) atoms. The number of carbonyl (C=O) groups is 2. The Labute approximate surface area is 117 Å². The number of nitrogens with zero attached hydrogens (tertiary/aromatic N) is 2. The number of hydrazone groups is 1. The summed E-state index contributed by atoms with van der Waals surface area (Å²) in [4.78, 5) is 23.0. The predicted molar refractivity (Wildman–Crippen MR) is 72.2 cm³/mol. The van der Waals surface area contributed by atoms with E-state index in [2.05, 4.69) is 9.84 Å². The fourth-order valence-corrected chi connectivity index (χ4v) is 1.96. The van der Waals surface area contributed by atoms with Gasteiger partial charge in [0.25, 0.3) is 0 Å². The second kappa shape index (κ2) is 6.18. The fourth-order valence-electron chi connectivity index (χ4n) is 1.96. The Balaban J connectivity index is 2.13. The summed E-state index contributed by atoms with van der Waals surface area (Å²) >= 11 is 0. The first-order valence-electron chi connectivity index (χ1n) is 6.25. The van der Waals surface area contributed by atoms with Crippen molar-refractivity contribution in [3.05, 3.63) is 35.9 Å². The van der Waals surface area contributed by atoms with Crippen LogP contribution in [-0.2, 0) is 20.7 Å². The lowest BCUT2D eigenvalue weighted by Gasteiger charge is -2.16. The maximum absolute atomic E-state index is 11.7. The van der Waals surface area contributed by atoms with Crippen LogP contribution < -0.4 is 0 Å². The summed E-state index contributed by atoms with van der Waals surface area (Å²) in [5.74, 6) is -0.567. The van der Waals surface area contributed by atoms with Crippen molar-refractivity contribution >= 4 is 17.8 Å². The van der Waals surface area contributed by atoms with Crippen LogP contribution in [0.2, 0.25) is 0 Å². The highest BCUT2D eigenvalue weighted by atomic mass is 16.6. The second-order valence-electron chi connectivity index (χ2n) is 4.44. The Hall–Kier alpha value is -2.37. The van der Waals surface area contributed by atoms with Crippen molar-refractivity contribution < 1.29 is 19.1 Å². The zero-order valence-electron chi connectivity index (χ0n) is 11.4. The molecule has 0 N–H and O–H groups in total. The fraction of sp³-hybridized carbons (Fsp3) is 0.357. The van der Waals surface area contributed by atoms with Crippen molar-refractivity contribution in [3.8, 4) is 0 Å². The van der Waals surface area contributed by atoms with Gasteiger partial charge >= 0.3 is 12.1 Å². The summed E-state index contributed by atoms with van der Waals surface area (Å²) in [6.07, 6.45) is 0.0686. The number of methoxy groups -OCH3 is 1. The first kappa shape index (κ1) is 14.0. The lowest BCUT2D eigenvalue weighted by atomic mass is 10.1. The molecule has 1 atom stereocenters. The molecule has 6 nitrogen and oxygen atoms in total. The number of ether oxygens (including phenoxy) is 2. The molecule has 2 rings (SSSR count). The summed E-state index contributed by atoms with van der Waals surface area (Å²) in [7, 11) is 1.27. The smallest absolute Gasteiger partial charge is 0.430 e. The molecule has 1 heterocycles. The second-order valence-corrected chi connectivity index (χ2v) is 4.44. The molecule has 0 bridgehead atoms. The third-order valence-corrected chi connectivity index (χ3v) is 2.98. The lowest BCUT2D eigenvalue weighted by molar-refractivity contribution is -0.132. The Bertz CT molecular complexity index is 527. The minimum Gasteiger partial charge on any atom is -0.464 e. The van der Waals surface area contributed by atoms with E-state index >= 15 is 0 Å². The molecule has 0 radical (unpaired) electrons. The Morgan fingerprint density at radius 3 is 2.80 bits per heavy atom. The highest BCUT2D eigenvalue weighted by Gasteiger charge is 2.33. The van der Waals surface area contributed by atoms with Crippen LogP contribution in [0.4, 0.5) is 4.79 Å². The number of carbonyl (C=O) groups excluding carboxylic acids is 2. The van der Waals surface area contributed by atoms with E-state index in [1.54, 1.807) is 0 Å². The Morgan fingerprint density at radius 1 is 1.45 bits per heavy atom. The number of cyclic esters (lactones) is 1. The molecular weight excluding hydrogens is 260 g/mol. The van der Waals surface area contributed by atoms with Gasteiger partial charge in [0, 0.05) is 0 Å². The van der Waals surface area contributed by atoms with Crippen molar-refractivity contribution in [2.24, 2.45) is 5.10 Å². The minimum absolute atomic E-state index is 0.115. The van der Waals surface area contributed by atoms with Gasteiger partial charge in [0.1, 0.15) is 12.3 Å². The van der Waals surface area contributed by atoms with Gasteiger partial charge < -0.3 is 9.47 Å². The van der Waals surface area contributed by atoms with E-state index < -0.39 is 12.1 Å². The van der Waals surface area contributed by atoms with Gasteiger partial charge in [0.05, 0.1) is 13.2 Å². The molecule has 0 aromatic heterocycles. The largest absolute Gasteiger partial charge is 0.464 e. The first-order chi connectivity index (χ1) is 9.61. The van der Waals surface area contributed by atoms with Crippen LogP contribution in [0.3, 0.4) is 0 Å². The molecule has 1 aliphatic rings. The van der Waals surface area contributed by atoms with Crippen LogP contribution in [0.5, 0.6) is 0 Å². The predicted octanol–water partition coefficient (Wildman–Crippen LogP) is 1.60. The normalized spacial score (nSPS) is 18.9. The van der Waals surface area contributed by atoms with E-state index in [9.17, 15) is 9.59 Å². The van der Waals surface area contributed by atoms with Gasteiger partial charge in [0.15, 0.2) is 0 Å². The molecule has 1 aromatic carbocycles. The number of esters is 1. The number of hydrogen-bond donors (Lipinski definition) is 0. The highest BCUT2D eigenvalue weighted by molar-refractivity contribution is 6.35. The third kappa shape index (κ3) is 3.14. The zero-order valence-corrected chi connectivity index (χ0v) is 11.4. The van der Waals surface area contributed by atoms with E-state index in [0.29, 0.717) is 6.42 Å². The van der Waals surface area contributed by atoms with Crippen molar-refractivity contribution in [1.82, 2.24) is 5.01 Å². The molecule has 0 spiro atoms. The SMILES string of the molecule is COC(=O)/C(C)=N/N1C(=O)OC[C@@H]1Cc1ccccc1. The van der Waals surface area contributed by atoms with Crippen LogP contribution >= 0.6 is 0 Å². The summed E-state index contributed by atoms with van der Waals surface area (Å²) in [5, 5.41) is 5.21. The lowest BCUT2D eigenvalue weighted by Crippen LogP contribution is -2.32. The van der Waals surface area contributed by atoms with Gasteiger partial charge in [-0.25, -0.2) is 9.59 Å². The molecule has 1 amide bonds. The molecule has 1 aliphatic heterocycles. The van der Waals surface area contributed by atoms with E-state index in [1.807, 2.05) is 30.3 Å². The minimum atomic E-state index is -0.567. The summed E-state index contributed by atoms with van der Waals surface area (Å²) in [6.45, 7) is 1.75. The van der Waals surface area contributed by atoms with Gasteiger partial charge in [-0.2, -0.15) is 10.1 Å². The Kier molecular flexibility index (Phi) is 4.34. The maximum atomic E-state index is 11.7. The maximum Gasteiger partial charge on any atom is 0.430 e. The number of amides is 1. The van der Waals surface area contributed by atoms with Gasteiger partial charge in [-0.3, -0.25) is 0 Å². The van der Waals surface area contributed by atoms with Crippen molar-refractivity contribution in [3.63, 3.8) is 0 Å². The molecule has 0 unspecified atom stereocenters. The number of hydrogen-bond acceptors (Lipinski definition) is 5. The van der Waals surface area contributed by atoms with Gasteiger partial charge in [-0.1, -0.05) is 30.3 Å². The average Bonchev–Trinajstić information content (AvgIpc) is 2.80. The van der Waals surface area contributed by atoms with Crippen molar-refractivity contribution in [1.29, 1.82) is 0 Å². The van der Waals surface area contributed by atoms with Crippen LogP contribution in [0.15, 0.2) is 35.4 Å². The van der Waals surface area contributed by atoms with Crippen LogP contribution in [0.25, 0.3) is 0 Å². The molecule has 6 heteroatoms. The van der Waals surface area contributed by atoms with Gasteiger partial charge in [0.2, 0.25) is 0 Å². The monoisotopic (exact) mass is 276 g/mol. The molecule has 0 saturated carbocycles. The topological polar surface area (TPSA) is 68.2 Å². The standard InChI is InChI=1S/C14H16N2O4/c1-10(13(17)19-2)15-16-12(9-20-14(16)18)8-11-6-4-3-5-7-11/h3-7,12H,8-9H2,1-2H3/b15-10+/t12-/m0/s1. The quantitative estimate of drug-likeness (QED) is 0.618. The molecule has 1 saturated heterocycles. The average molecular weight is 276 g/mol. The molecule has 1 aromatic rings. The van der Waals surface area contributed by atoms with Crippen molar-refractivity contribution in [2.75, 3.05) is 13.7 Å². The van der Waals surface area contributed by atoms with E-state index in [-0.39, 0.29) is 18.4 Å². The molecular formula is C14H16N2O4. The van der Waals surface area contributed by atoms with Crippen LogP contribution in [0, 0.1) is 0 Å². The van der Waals surface area contributed by atoms with E-state index in [0.717, 1.165) is 5.56 Å². The summed E-state index contributed by atoms with van der Waals surface area (Å²) in [6, 6.07) is 9.51. The van der Waals surface area contributed by atoms with Crippen LogP contribution in [-0.4, -0.2) is 42.5 Å². The number of benzene rings is 1. The molecule has 106 valence electrons. The van der Waals surface area contributed by atoms with Gasteiger partial charge in [-0.05, 0) is 18.9 Å². The summed E-state index contributed by atoms with van der Waals surface area (Å²) < 4.78 is 9.55. The third-order valence-electron chi connectivity index (χ3n) is 2.98. The summed E-state index contributed by atoms with van der Waals surface area (Å²) in [5.41, 5.74) is 1.19. The zero-order chi connectivity index (χ0) is 14.5. The van der Waals surface area contributed by atoms with E-state index in [4.69, 9.17) is 4.74 Å².